The number of anilines is 2. The van der Waals surface area contributed by atoms with Crippen molar-refractivity contribution in [3.8, 4) is 10.7 Å². The first-order valence-corrected chi connectivity index (χ1v) is 9.84. The van der Waals surface area contributed by atoms with Gasteiger partial charge in [0.2, 0.25) is 0 Å². The van der Waals surface area contributed by atoms with Gasteiger partial charge in [0, 0.05) is 43.2 Å². The fourth-order valence-corrected chi connectivity index (χ4v) is 4.54. The number of piperazine rings is 1. The molecule has 0 bridgehead atoms. The Morgan fingerprint density at radius 3 is 3.17 bits per heavy atom. The highest BCUT2D eigenvalue weighted by Crippen LogP contribution is 2.34. The van der Waals surface area contributed by atoms with Crippen LogP contribution in [-0.4, -0.2) is 47.4 Å². The number of fused-ring (bicyclic) bond motifs is 1. The molecule has 0 unspecified atom stereocenters. The minimum atomic E-state index is 0.563. The molecular weight excluding hydrogens is 320 g/mol. The van der Waals surface area contributed by atoms with E-state index in [0.717, 1.165) is 67.3 Å². The van der Waals surface area contributed by atoms with Crippen molar-refractivity contribution in [3.63, 3.8) is 0 Å². The molecule has 1 atom stereocenters. The summed E-state index contributed by atoms with van der Waals surface area (Å²) in [7, 11) is 0. The Hall–Kier alpha value is -1.60. The molecular formula is C17H26N6S. The van der Waals surface area contributed by atoms with Crippen LogP contribution in [0, 0.1) is 5.92 Å². The van der Waals surface area contributed by atoms with E-state index < -0.39 is 0 Å². The number of hydrogen-bond acceptors (Lipinski definition) is 6. The van der Waals surface area contributed by atoms with Gasteiger partial charge in [-0.2, -0.15) is 5.10 Å². The van der Waals surface area contributed by atoms with Crippen LogP contribution >= 0.6 is 11.3 Å². The third-order valence-electron chi connectivity index (χ3n) is 4.80. The largest absolute Gasteiger partial charge is 0.368 e. The van der Waals surface area contributed by atoms with Crippen LogP contribution in [0.15, 0.2) is 5.38 Å². The van der Waals surface area contributed by atoms with Gasteiger partial charge in [-0.3, -0.25) is 5.10 Å². The molecule has 0 spiro atoms. The van der Waals surface area contributed by atoms with Crippen molar-refractivity contribution >= 4 is 23.0 Å². The number of rotatable bonds is 4. The zero-order valence-corrected chi connectivity index (χ0v) is 15.2. The SMILES string of the molecule is CC(C)C[C@H]1CN(c2csc(-c3[nH]nc4c3CCCN4)n2)CCN1. The second-order valence-corrected chi connectivity index (χ2v) is 8.05. The summed E-state index contributed by atoms with van der Waals surface area (Å²) < 4.78 is 0. The van der Waals surface area contributed by atoms with Crippen molar-refractivity contribution < 1.29 is 0 Å². The second kappa shape index (κ2) is 6.72. The Morgan fingerprint density at radius 1 is 1.38 bits per heavy atom. The van der Waals surface area contributed by atoms with Gasteiger partial charge in [0.15, 0.2) is 5.82 Å². The summed E-state index contributed by atoms with van der Waals surface area (Å²) >= 11 is 1.72. The van der Waals surface area contributed by atoms with E-state index in [1.54, 1.807) is 11.3 Å². The maximum absolute atomic E-state index is 4.92. The van der Waals surface area contributed by atoms with Crippen LogP contribution in [0.3, 0.4) is 0 Å². The lowest BCUT2D eigenvalue weighted by Gasteiger charge is -2.34. The van der Waals surface area contributed by atoms with E-state index in [9.17, 15) is 0 Å². The highest BCUT2D eigenvalue weighted by atomic mass is 32.1. The van der Waals surface area contributed by atoms with Crippen LogP contribution in [0.4, 0.5) is 11.6 Å². The zero-order chi connectivity index (χ0) is 16.5. The van der Waals surface area contributed by atoms with Gasteiger partial charge in [0.1, 0.15) is 10.8 Å². The van der Waals surface area contributed by atoms with Crippen LogP contribution in [0.1, 0.15) is 32.3 Å². The van der Waals surface area contributed by atoms with Gasteiger partial charge in [-0.05, 0) is 25.2 Å². The van der Waals surface area contributed by atoms with E-state index in [1.165, 1.54) is 12.0 Å². The molecule has 0 aromatic carbocycles. The van der Waals surface area contributed by atoms with Crippen LogP contribution in [0.5, 0.6) is 0 Å². The number of aromatic nitrogens is 3. The summed E-state index contributed by atoms with van der Waals surface area (Å²) in [4.78, 5) is 7.34. The normalized spacial score (nSPS) is 21.0. The number of H-pyrrole nitrogens is 1. The predicted molar refractivity (Wildman–Crippen MR) is 100.0 cm³/mol. The van der Waals surface area contributed by atoms with Gasteiger partial charge in [-0.25, -0.2) is 4.98 Å². The van der Waals surface area contributed by atoms with Gasteiger partial charge in [-0.1, -0.05) is 13.8 Å². The molecule has 0 saturated carbocycles. The molecule has 130 valence electrons. The molecule has 7 heteroatoms. The number of aromatic amines is 1. The van der Waals surface area contributed by atoms with E-state index in [1.807, 2.05) is 0 Å². The standard InChI is InChI=1S/C17H26N6S/c1-11(2)8-12-9-23(7-6-18-12)14-10-24-17(20-14)15-13-4-3-5-19-16(13)22-21-15/h10-12,18H,3-9H2,1-2H3,(H2,19,21,22)/t12-/m0/s1. The topological polar surface area (TPSA) is 68.9 Å². The lowest BCUT2D eigenvalue weighted by molar-refractivity contribution is 0.387. The Kier molecular flexibility index (Phi) is 4.45. The van der Waals surface area contributed by atoms with Crippen molar-refractivity contribution in [1.29, 1.82) is 0 Å². The van der Waals surface area contributed by atoms with Gasteiger partial charge in [-0.15, -0.1) is 11.3 Å². The molecule has 0 aliphatic carbocycles. The highest BCUT2D eigenvalue weighted by molar-refractivity contribution is 7.13. The number of nitrogens with zero attached hydrogens (tertiary/aromatic N) is 3. The monoisotopic (exact) mass is 346 g/mol. The van der Waals surface area contributed by atoms with E-state index in [4.69, 9.17) is 4.98 Å². The average molecular weight is 347 g/mol. The Labute approximate surface area is 147 Å². The maximum Gasteiger partial charge on any atom is 0.151 e. The molecule has 2 aromatic rings. The molecule has 3 N–H and O–H groups in total. The molecule has 2 aliphatic rings. The third kappa shape index (κ3) is 3.15. The molecule has 0 amide bonds. The zero-order valence-electron chi connectivity index (χ0n) is 14.4. The molecule has 4 heterocycles. The molecule has 24 heavy (non-hydrogen) atoms. The average Bonchev–Trinajstić information content (AvgIpc) is 3.21. The molecule has 6 nitrogen and oxygen atoms in total. The van der Waals surface area contributed by atoms with Crippen molar-refractivity contribution in [3.05, 3.63) is 10.9 Å². The van der Waals surface area contributed by atoms with Gasteiger partial charge in [0.25, 0.3) is 0 Å². The molecule has 2 aromatic heterocycles. The predicted octanol–water partition coefficient (Wildman–Crippen LogP) is 2.72. The Bertz CT molecular complexity index is 691. The van der Waals surface area contributed by atoms with Crippen LogP contribution < -0.4 is 15.5 Å². The summed E-state index contributed by atoms with van der Waals surface area (Å²) in [6.07, 6.45) is 3.45. The van der Waals surface area contributed by atoms with Gasteiger partial charge in [0.05, 0.1) is 5.69 Å². The lowest BCUT2D eigenvalue weighted by Crippen LogP contribution is -2.51. The summed E-state index contributed by atoms with van der Waals surface area (Å²) in [5.41, 5.74) is 2.39. The molecule has 2 aliphatic heterocycles. The van der Waals surface area contributed by atoms with Crippen LogP contribution in [0.2, 0.25) is 0 Å². The molecule has 0 radical (unpaired) electrons. The van der Waals surface area contributed by atoms with E-state index in [2.05, 4.69) is 45.0 Å². The number of hydrogen-bond donors (Lipinski definition) is 3. The highest BCUT2D eigenvalue weighted by Gasteiger charge is 2.24. The van der Waals surface area contributed by atoms with E-state index in [-0.39, 0.29) is 0 Å². The summed E-state index contributed by atoms with van der Waals surface area (Å²) in [6, 6.07) is 0.563. The van der Waals surface area contributed by atoms with Crippen molar-refractivity contribution in [2.75, 3.05) is 36.4 Å². The second-order valence-electron chi connectivity index (χ2n) is 7.19. The lowest BCUT2D eigenvalue weighted by atomic mass is 10.0. The van der Waals surface area contributed by atoms with Gasteiger partial charge >= 0.3 is 0 Å². The summed E-state index contributed by atoms with van der Waals surface area (Å²) in [6.45, 7) is 8.70. The van der Waals surface area contributed by atoms with E-state index in [0.29, 0.717) is 6.04 Å². The first-order chi connectivity index (χ1) is 11.7. The van der Waals surface area contributed by atoms with Crippen molar-refractivity contribution in [1.82, 2.24) is 20.5 Å². The fourth-order valence-electron chi connectivity index (χ4n) is 3.69. The maximum atomic E-state index is 4.92. The minimum Gasteiger partial charge on any atom is -0.368 e. The smallest absolute Gasteiger partial charge is 0.151 e. The number of thiazole rings is 1. The minimum absolute atomic E-state index is 0.563. The quantitative estimate of drug-likeness (QED) is 0.794. The third-order valence-corrected chi connectivity index (χ3v) is 5.65. The van der Waals surface area contributed by atoms with E-state index >= 15 is 0 Å². The van der Waals surface area contributed by atoms with Crippen LogP contribution in [0.25, 0.3) is 10.7 Å². The molecule has 1 fully saturated rings. The summed E-state index contributed by atoms with van der Waals surface area (Å²) in [5, 5.41) is 17.8. The van der Waals surface area contributed by atoms with Gasteiger partial charge < -0.3 is 15.5 Å². The first-order valence-electron chi connectivity index (χ1n) is 8.96. The molecule has 1 saturated heterocycles. The van der Waals surface area contributed by atoms with Crippen molar-refractivity contribution in [2.45, 2.75) is 39.2 Å². The fraction of sp³-hybridized carbons (Fsp3) is 0.647. The first kappa shape index (κ1) is 15.9. The number of nitrogens with one attached hydrogen (secondary N) is 3. The van der Waals surface area contributed by atoms with Crippen molar-refractivity contribution in [2.24, 2.45) is 5.92 Å². The molecule has 4 rings (SSSR count). The Balaban J connectivity index is 1.51. The van der Waals surface area contributed by atoms with Crippen LogP contribution in [-0.2, 0) is 6.42 Å². The Morgan fingerprint density at radius 2 is 2.29 bits per heavy atom. The summed E-state index contributed by atoms with van der Waals surface area (Å²) in [5.74, 6) is 2.84.